The van der Waals surface area contributed by atoms with Crippen LogP contribution in [0.1, 0.15) is 44.2 Å². The van der Waals surface area contributed by atoms with E-state index in [0.717, 1.165) is 24.2 Å². The van der Waals surface area contributed by atoms with Crippen LogP contribution in [-0.4, -0.2) is 26.2 Å². The van der Waals surface area contributed by atoms with Crippen LogP contribution in [0, 0.1) is 30.1 Å². The van der Waals surface area contributed by atoms with Gasteiger partial charge in [-0.2, -0.15) is 13.7 Å². The molecule has 0 bridgehead atoms. The number of nitrogens with zero attached hydrogens (tertiary/aromatic N) is 2. The Labute approximate surface area is 149 Å². The van der Waals surface area contributed by atoms with Gasteiger partial charge in [-0.05, 0) is 25.7 Å². The summed E-state index contributed by atoms with van der Waals surface area (Å²) in [5.74, 6) is 1.91. The second-order valence-corrected chi connectivity index (χ2v) is 7.37. The van der Waals surface area contributed by atoms with E-state index in [-0.39, 0.29) is 5.71 Å². The van der Waals surface area contributed by atoms with Gasteiger partial charge in [0.25, 0.3) is 0 Å². The van der Waals surface area contributed by atoms with Gasteiger partial charge in [0.05, 0.1) is 6.26 Å². The van der Waals surface area contributed by atoms with Crippen molar-refractivity contribution in [3.8, 4) is 6.07 Å². The van der Waals surface area contributed by atoms with Crippen molar-refractivity contribution in [1.29, 1.82) is 5.26 Å². The summed E-state index contributed by atoms with van der Waals surface area (Å²) in [5, 5.41) is 12.1. The number of ketones is 1. The quantitative estimate of drug-likeness (QED) is 0.606. The minimum Gasteiger partial charge on any atom is -0.299 e. The molecule has 0 saturated heterocycles. The number of benzene rings is 1. The van der Waals surface area contributed by atoms with Crippen LogP contribution in [0.4, 0.5) is 0 Å². The third-order valence-electron chi connectivity index (χ3n) is 3.99. The molecule has 1 aromatic carbocycles. The van der Waals surface area contributed by atoms with E-state index in [4.69, 9.17) is 5.26 Å². The summed E-state index contributed by atoms with van der Waals surface area (Å²) in [6, 6.07) is 8.70. The maximum absolute atomic E-state index is 10.7. The highest BCUT2D eigenvalue weighted by atomic mass is 32.2. The lowest BCUT2D eigenvalue weighted by Gasteiger charge is -2.44. The lowest BCUT2D eigenvalue weighted by Crippen LogP contribution is -2.44. The van der Waals surface area contributed by atoms with Gasteiger partial charge >= 0.3 is 10.1 Å². The van der Waals surface area contributed by atoms with Gasteiger partial charge in [-0.3, -0.25) is 9.08 Å². The van der Waals surface area contributed by atoms with E-state index in [1.165, 1.54) is 12.8 Å². The number of rotatable bonds is 3. The smallest absolute Gasteiger partial charge is 0.299 e. The van der Waals surface area contributed by atoms with Crippen LogP contribution < -0.4 is 0 Å². The molecule has 0 amide bonds. The van der Waals surface area contributed by atoms with E-state index < -0.39 is 10.1 Å². The summed E-state index contributed by atoms with van der Waals surface area (Å²) in [7, 11) is -3.68. The van der Waals surface area contributed by atoms with Crippen LogP contribution in [-0.2, 0) is 19.2 Å². The fourth-order valence-electron chi connectivity index (χ4n) is 2.44. The predicted molar refractivity (Wildman–Crippen MR) is 96.4 cm³/mol. The molecule has 136 valence electrons. The molecule has 2 saturated carbocycles. The second kappa shape index (κ2) is 9.33. The highest BCUT2D eigenvalue weighted by molar-refractivity contribution is 7.85. The SMILES string of the molecule is CC.Cc1ccc(/C(C#N)=N/OS(C)(=O)=O)cc1.O=C1CC2CCC12. The zero-order chi connectivity index (χ0) is 19.0. The molecule has 0 aromatic heterocycles. The Morgan fingerprint density at radius 3 is 2.12 bits per heavy atom. The lowest BCUT2D eigenvalue weighted by atomic mass is 9.59. The Kier molecular flexibility index (Phi) is 7.78. The highest BCUT2D eigenvalue weighted by Crippen LogP contribution is 2.46. The topological polar surface area (TPSA) is 96.6 Å². The van der Waals surface area contributed by atoms with Crippen LogP contribution in [0.5, 0.6) is 0 Å². The molecule has 0 N–H and O–H groups in total. The average Bonchev–Trinajstić information content (AvgIpc) is 2.56. The third-order valence-corrected chi connectivity index (χ3v) is 4.33. The number of fused-ring (bicyclic) bond motifs is 1. The predicted octanol–water partition coefficient (Wildman–Crippen LogP) is 3.21. The van der Waals surface area contributed by atoms with Gasteiger partial charge in [-0.1, -0.05) is 48.8 Å². The van der Waals surface area contributed by atoms with E-state index >= 15 is 0 Å². The molecule has 2 aliphatic carbocycles. The van der Waals surface area contributed by atoms with Crippen molar-refractivity contribution in [3.05, 3.63) is 35.4 Å². The fraction of sp³-hybridized carbons (Fsp3) is 0.500. The number of nitriles is 1. The van der Waals surface area contributed by atoms with Crippen molar-refractivity contribution in [1.82, 2.24) is 0 Å². The first-order valence-corrected chi connectivity index (χ1v) is 10.1. The van der Waals surface area contributed by atoms with Gasteiger partial charge in [-0.15, -0.1) is 0 Å². The molecule has 7 heteroatoms. The van der Waals surface area contributed by atoms with Crippen LogP contribution in [0.15, 0.2) is 29.4 Å². The van der Waals surface area contributed by atoms with Crippen LogP contribution in [0.2, 0.25) is 0 Å². The zero-order valence-electron chi connectivity index (χ0n) is 15.0. The Morgan fingerprint density at radius 2 is 1.84 bits per heavy atom. The molecule has 25 heavy (non-hydrogen) atoms. The number of Topliss-reactive ketones (excluding diaryl/α,β-unsaturated/α-hetero) is 1. The molecule has 0 aliphatic heterocycles. The Balaban J connectivity index is 0.000000283. The monoisotopic (exact) mass is 364 g/mol. The molecule has 3 rings (SSSR count). The molecule has 0 heterocycles. The average molecular weight is 364 g/mol. The first-order valence-electron chi connectivity index (χ1n) is 8.26. The van der Waals surface area contributed by atoms with Crippen LogP contribution in [0.3, 0.4) is 0 Å². The van der Waals surface area contributed by atoms with Crippen molar-refractivity contribution in [2.24, 2.45) is 17.0 Å². The third kappa shape index (κ3) is 6.31. The van der Waals surface area contributed by atoms with E-state index in [2.05, 4.69) is 9.44 Å². The maximum atomic E-state index is 10.7. The van der Waals surface area contributed by atoms with Gasteiger partial charge in [0.1, 0.15) is 11.9 Å². The van der Waals surface area contributed by atoms with E-state index in [1.807, 2.05) is 20.8 Å². The molecule has 0 radical (unpaired) electrons. The summed E-state index contributed by atoms with van der Waals surface area (Å²) < 4.78 is 25.6. The highest BCUT2D eigenvalue weighted by Gasteiger charge is 2.45. The van der Waals surface area contributed by atoms with Gasteiger partial charge in [0.2, 0.25) is 0 Å². The summed E-state index contributed by atoms with van der Waals surface area (Å²) in [6.45, 7) is 5.90. The minimum absolute atomic E-state index is 0.0783. The first-order chi connectivity index (χ1) is 11.8. The Morgan fingerprint density at radius 1 is 1.24 bits per heavy atom. The van der Waals surface area contributed by atoms with E-state index in [0.29, 0.717) is 17.3 Å². The van der Waals surface area contributed by atoms with Crippen molar-refractivity contribution < 1.29 is 17.5 Å². The lowest BCUT2D eigenvalue weighted by molar-refractivity contribution is -0.141. The summed E-state index contributed by atoms with van der Waals surface area (Å²) in [6.07, 6.45) is 4.30. The summed E-state index contributed by atoms with van der Waals surface area (Å²) in [5.41, 5.74) is 1.47. The van der Waals surface area contributed by atoms with Crippen molar-refractivity contribution in [3.63, 3.8) is 0 Å². The summed E-state index contributed by atoms with van der Waals surface area (Å²) >= 11 is 0. The molecule has 2 fully saturated rings. The largest absolute Gasteiger partial charge is 0.325 e. The molecule has 2 aliphatic rings. The molecule has 1 aromatic rings. The van der Waals surface area contributed by atoms with Gasteiger partial charge in [0, 0.05) is 17.9 Å². The van der Waals surface area contributed by atoms with Crippen molar-refractivity contribution in [2.45, 2.75) is 40.0 Å². The fourth-order valence-corrected chi connectivity index (χ4v) is 2.65. The number of oxime groups is 1. The molecule has 2 unspecified atom stereocenters. The second-order valence-electron chi connectivity index (χ2n) is 5.81. The Hall–Kier alpha value is -2.20. The standard InChI is InChI=1S/C10H10N2O3S.C6H8O.C2H6/c1-8-3-5-9(6-4-8)10(7-11)12-15-16(2,13)14;7-6-3-4-1-2-5(4)6;1-2/h3-6H,1-2H3;4-5H,1-3H2;1-2H3/b12-10+;;. The first kappa shape index (κ1) is 20.8. The molecule has 0 spiro atoms. The number of aryl methyl sites for hydroxylation is 1. The van der Waals surface area contributed by atoms with Crippen molar-refractivity contribution in [2.75, 3.05) is 6.26 Å². The number of carbonyl (C=O) groups is 1. The minimum atomic E-state index is -3.68. The number of hydrogen-bond acceptors (Lipinski definition) is 6. The normalized spacial score (nSPS) is 20.9. The zero-order valence-corrected chi connectivity index (χ0v) is 15.8. The number of hydrogen-bond donors (Lipinski definition) is 0. The van der Waals surface area contributed by atoms with Crippen LogP contribution >= 0.6 is 0 Å². The van der Waals surface area contributed by atoms with Crippen LogP contribution in [0.25, 0.3) is 0 Å². The molecular weight excluding hydrogens is 340 g/mol. The van der Waals surface area contributed by atoms with E-state index in [1.54, 1.807) is 30.3 Å². The Bertz CT molecular complexity index is 761. The maximum Gasteiger partial charge on any atom is 0.325 e. The van der Waals surface area contributed by atoms with Gasteiger partial charge in [0.15, 0.2) is 5.71 Å². The van der Waals surface area contributed by atoms with E-state index in [9.17, 15) is 13.2 Å². The molecule has 6 nitrogen and oxygen atoms in total. The van der Waals surface area contributed by atoms with Gasteiger partial charge in [-0.25, -0.2) is 0 Å². The molecule has 2 atom stereocenters. The van der Waals surface area contributed by atoms with Crippen molar-refractivity contribution >= 4 is 21.6 Å². The summed E-state index contributed by atoms with van der Waals surface area (Å²) in [4.78, 5) is 10.5. The van der Waals surface area contributed by atoms with Gasteiger partial charge < -0.3 is 0 Å². The number of carbonyl (C=O) groups excluding carboxylic acids is 1. The molecular formula is C18H24N2O4S.